The van der Waals surface area contributed by atoms with Gasteiger partial charge in [0, 0.05) is 6.54 Å². The number of carboxylic acids is 1. The lowest BCUT2D eigenvalue weighted by molar-refractivity contribution is -0.136. The molecule has 1 unspecified atom stereocenters. The van der Waals surface area contributed by atoms with Crippen LogP contribution in [0.3, 0.4) is 0 Å². The van der Waals surface area contributed by atoms with Gasteiger partial charge in [-0.1, -0.05) is 52.0 Å². The third-order valence-electron chi connectivity index (χ3n) is 3.64. The third-order valence-corrected chi connectivity index (χ3v) is 3.64. The van der Waals surface area contributed by atoms with Crippen LogP contribution in [0.25, 0.3) is 0 Å². The molecule has 1 rings (SSSR count). The maximum atomic E-state index is 10.6. The highest BCUT2D eigenvalue weighted by Crippen LogP contribution is 2.24. The lowest BCUT2D eigenvalue weighted by Crippen LogP contribution is -2.29. The third kappa shape index (κ3) is 5.88. The molecule has 0 aromatic heterocycles. The van der Waals surface area contributed by atoms with Crippen molar-refractivity contribution < 1.29 is 9.90 Å². The standard InChI is InChI=1S/C16H25NO2/c1-12(16(2,3)4)10-17-11-14-7-5-13(6-8-14)9-15(18)19/h5-8,12,17H,9-11H2,1-4H3,(H,18,19). The Kier molecular flexibility index (Phi) is 5.55. The minimum absolute atomic E-state index is 0.0920. The van der Waals surface area contributed by atoms with Gasteiger partial charge in [-0.05, 0) is 29.0 Å². The first-order valence-corrected chi connectivity index (χ1v) is 6.79. The fourth-order valence-electron chi connectivity index (χ4n) is 1.69. The second kappa shape index (κ2) is 6.71. The lowest BCUT2D eigenvalue weighted by atomic mass is 9.82. The lowest BCUT2D eigenvalue weighted by Gasteiger charge is -2.27. The van der Waals surface area contributed by atoms with Gasteiger partial charge in [0.15, 0.2) is 0 Å². The van der Waals surface area contributed by atoms with E-state index in [-0.39, 0.29) is 6.42 Å². The molecule has 3 heteroatoms. The van der Waals surface area contributed by atoms with Crippen LogP contribution in [-0.4, -0.2) is 17.6 Å². The van der Waals surface area contributed by atoms with Crippen LogP contribution in [0.15, 0.2) is 24.3 Å². The van der Waals surface area contributed by atoms with E-state index in [1.54, 1.807) is 0 Å². The SMILES string of the molecule is CC(CNCc1ccc(CC(=O)O)cc1)C(C)(C)C. The Morgan fingerprint density at radius 1 is 1.21 bits per heavy atom. The summed E-state index contributed by atoms with van der Waals surface area (Å²) in [7, 11) is 0. The maximum absolute atomic E-state index is 10.6. The Morgan fingerprint density at radius 3 is 2.21 bits per heavy atom. The summed E-state index contributed by atoms with van der Waals surface area (Å²) >= 11 is 0. The van der Waals surface area contributed by atoms with Crippen LogP contribution in [0.4, 0.5) is 0 Å². The zero-order chi connectivity index (χ0) is 14.5. The molecule has 0 bridgehead atoms. The van der Waals surface area contributed by atoms with Crippen LogP contribution in [0.2, 0.25) is 0 Å². The van der Waals surface area contributed by atoms with E-state index in [2.05, 4.69) is 33.0 Å². The molecule has 106 valence electrons. The van der Waals surface area contributed by atoms with Gasteiger partial charge in [-0.2, -0.15) is 0 Å². The Balaban J connectivity index is 2.40. The van der Waals surface area contributed by atoms with Crippen LogP contribution < -0.4 is 5.32 Å². The molecular formula is C16H25NO2. The van der Waals surface area contributed by atoms with E-state index >= 15 is 0 Å². The number of hydrogen-bond acceptors (Lipinski definition) is 2. The predicted octanol–water partition coefficient (Wildman–Crippen LogP) is 3.09. The van der Waals surface area contributed by atoms with Crippen molar-refractivity contribution in [3.05, 3.63) is 35.4 Å². The van der Waals surface area contributed by atoms with Gasteiger partial charge >= 0.3 is 5.97 Å². The molecule has 0 aliphatic carbocycles. The number of aliphatic carboxylic acids is 1. The van der Waals surface area contributed by atoms with Gasteiger partial charge in [0.1, 0.15) is 0 Å². The summed E-state index contributed by atoms with van der Waals surface area (Å²) in [5.74, 6) is -0.177. The molecule has 2 N–H and O–H groups in total. The van der Waals surface area contributed by atoms with Crippen molar-refractivity contribution in [3.8, 4) is 0 Å². The second-order valence-corrected chi connectivity index (χ2v) is 6.28. The predicted molar refractivity (Wildman–Crippen MR) is 78.1 cm³/mol. The van der Waals surface area contributed by atoms with E-state index in [1.165, 1.54) is 5.56 Å². The molecule has 0 amide bonds. The van der Waals surface area contributed by atoms with Crippen LogP contribution >= 0.6 is 0 Å². The summed E-state index contributed by atoms with van der Waals surface area (Å²) in [6, 6.07) is 7.76. The van der Waals surface area contributed by atoms with Crippen molar-refractivity contribution in [3.63, 3.8) is 0 Å². The molecule has 0 heterocycles. The van der Waals surface area contributed by atoms with E-state index < -0.39 is 5.97 Å². The average molecular weight is 263 g/mol. The molecular weight excluding hydrogens is 238 g/mol. The van der Waals surface area contributed by atoms with Crippen molar-refractivity contribution in [1.82, 2.24) is 5.32 Å². The minimum atomic E-state index is -0.787. The Morgan fingerprint density at radius 2 is 1.74 bits per heavy atom. The highest BCUT2D eigenvalue weighted by molar-refractivity contribution is 5.70. The van der Waals surface area contributed by atoms with Crippen LogP contribution in [0, 0.1) is 11.3 Å². The molecule has 0 saturated carbocycles. The van der Waals surface area contributed by atoms with Crippen molar-refractivity contribution in [2.24, 2.45) is 11.3 Å². The van der Waals surface area contributed by atoms with Gasteiger partial charge in [0.05, 0.1) is 6.42 Å². The molecule has 0 saturated heterocycles. The minimum Gasteiger partial charge on any atom is -0.481 e. The fraction of sp³-hybridized carbons (Fsp3) is 0.562. The topological polar surface area (TPSA) is 49.3 Å². The highest BCUT2D eigenvalue weighted by atomic mass is 16.4. The Labute approximate surface area is 116 Å². The molecule has 19 heavy (non-hydrogen) atoms. The zero-order valence-corrected chi connectivity index (χ0v) is 12.4. The zero-order valence-electron chi connectivity index (χ0n) is 12.4. The van der Waals surface area contributed by atoms with Gasteiger partial charge in [-0.3, -0.25) is 4.79 Å². The van der Waals surface area contributed by atoms with Crippen molar-refractivity contribution in [1.29, 1.82) is 0 Å². The average Bonchev–Trinajstić information content (AvgIpc) is 2.29. The van der Waals surface area contributed by atoms with E-state index in [0.717, 1.165) is 18.7 Å². The number of hydrogen-bond donors (Lipinski definition) is 2. The molecule has 1 atom stereocenters. The number of carbonyl (C=O) groups is 1. The van der Waals surface area contributed by atoms with E-state index in [4.69, 9.17) is 5.11 Å². The first-order valence-electron chi connectivity index (χ1n) is 6.79. The smallest absolute Gasteiger partial charge is 0.307 e. The van der Waals surface area contributed by atoms with E-state index in [9.17, 15) is 4.79 Å². The molecule has 3 nitrogen and oxygen atoms in total. The number of rotatable bonds is 6. The van der Waals surface area contributed by atoms with Gasteiger partial charge in [-0.25, -0.2) is 0 Å². The normalized spacial score (nSPS) is 13.3. The fourth-order valence-corrected chi connectivity index (χ4v) is 1.69. The Hall–Kier alpha value is -1.35. The molecule has 0 fully saturated rings. The van der Waals surface area contributed by atoms with Crippen molar-refractivity contribution in [2.45, 2.75) is 40.7 Å². The van der Waals surface area contributed by atoms with Crippen molar-refractivity contribution >= 4 is 5.97 Å². The van der Waals surface area contributed by atoms with Crippen LogP contribution in [-0.2, 0) is 17.8 Å². The van der Waals surface area contributed by atoms with Gasteiger partial charge in [-0.15, -0.1) is 0 Å². The second-order valence-electron chi connectivity index (χ2n) is 6.28. The molecule has 0 aliphatic heterocycles. The van der Waals surface area contributed by atoms with Gasteiger partial charge < -0.3 is 10.4 Å². The first kappa shape index (κ1) is 15.7. The van der Waals surface area contributed by atoms with E-state index in [0.29, 0.717) is 11.3 Å². The summed E-state index contributed by atoms with van der Waals surface area (Å²) in [5.41, 5.74) is 2.35. The van der Waals surface area contributed by atoms with E-state index in [1.807, 2.05) is 24.3 Å². The monoisotopic (exact) mass is 263 g/mol. The van der Waals surface area contributed by atoms with Crippen molar-refractivity contribution in [2.75, 3.05) is 6.54 Å². The summed E-state index contributed by atoms with van der Waals surface area (Å²) in [6.45, 7) is 10.8. The summed E-state index contributed by atoms with van der Waals surface area (Å²) in [5, 5.41) is 12.2. The summed E-state index contributed by atoms with van der Waals surface area (Å²) < 4.78 is 0. The van der Waals surface area contributed by atoms with Gasteiger partial charge in [0.25, 0.3) is 0 Å². The number of benzene rings is 1. The highest BCUT2D eigenvalue weighted by Gasteiger charge is 2.18. The van der Waals surface area contributed by atoms with Crippen LogP contribution in [0.5, 0.6) is 0 Å². The largest absolute Gasteiger partial charge is 0.481 e. The summed E-state index contributed by atoms with van der Waals surface area (Å²) in [4.78, 5) is 10.6. The first-order chi connectivity index (χ1) is 8.79. The number of carboxylic acid groups (broad SMARTS) is 1. The van der Waals surface area contributed by atoms with Crippen LogP contribution in [0.1, 0.15) is 38.8 Å². The maximum Gasteiger partial charge on any atom is 0.307 e. The Bertz CT molecular complexity index is 404. The van der Waals surface area contributed by atoms with Gasteiger partial charge in [0.2, 0.25) is 0 Å². The molecule has 0 spiro atoms. The molecule has 0 radical (unpaired) electrons. The molecule has 1 aromatic rings. The number of nitrogens with one attached hydrogen (secondary N) is 1. The molecule has 0 aliphatic rings. The molecule has 1 aromatic carbocycles. The quantitative estimate of drug-likeness (QED) is 0.829. The summed E-state index contributed by atoms with van der Waals surface area (Å²) in [6.07, 6.45) is 0.0920.